The number of imidazole rings is 1. The highest BCUT2D eigenvalue weighted by molar-refractivity contribution is 6.02. The van der Waals surface area contributed by atoms with Crippen LogP contribution in [0.2, 0.25) is 0 Å². The van der Waals surface area contributed by atoms with Crippen LogP contribution in [0.3, 0.4) is 0 Å². The van der Waals surface area contributed by atoms with Gasteiger partial charge in [-0.05, 0) is 18.2 Å². The summed E-state index contributed by atoms with van der Waals surface area (Å²) < 4.78 is 1.71. The van der Waals surface area contributed by atoms with Gasteiger partial charge in [-0.3, -0.25) is 9.59 Å². The average Bonchev–Trinajstić information content (AvgIpc) is 3.13. The molecule has 1 N–H and O–H groups in total. The Morgan fingerprint density at radius 3 is 2.67 bits per heavy atom. The molecule has 2 unspecified atom stereocenters. The van der Waals surface area contributed by atoms with Crippen molar-refractivity contribution in [2.24, 2.45) is 7.05 Å². The van der Waals surface area contributed by atoms with Gasteiger partial charge in [0.25, 0.3) is 5.91 Å². The van der Waals surface area contributed by atoms with Crippen LogP contribution in [0.15, 0.2) is 48.5 Å². The Kier molecular flexibility index (Phi) is 3.98. The number of benzene rings is 2. The molecule has 0 bridgehead atoms. The molecule has 1 aromatic heterocycles. The molecule has 0 saturated heterocycles. The molecule has 7 heteroatoms. The lowest BCUT2D eigenvalue weighted by atomic mass is 10.0. The molecule has 134 valence electrons. The van der Waals surface area contributed by atoms with Crippen molar-refractivity contribution >= 4 is 22.7 Å². The first kappa shape index (κ1) is 16.9. The highest BCUT2D eigenvalue weighted by atomic mass is 16.3. The number of carbonyl (C=O) groups is 2. The molecule has 1 aliphatic rings. The summed E-state index contributed by atoms with van der Waals surface area (Å²) in [6.45, 7) is -0.365. The van der Waals surface area contributed by atoms with Gasteiger partial charge in [0, 0.05) is 18.2 Å². The molecule has 4 rings (SSSR count). The number of aromatic nitrogens is 2. The van der Waals surface area contributed by atoms with E-state index in [-0.39, 0.29) is 6.54 Å². The number of nitrogens with zero attached hydrogens (tertiary/aromatic N) is 4. The van der Waals surface area contributed by atoms with Crippen LogP contribution in [0.1, 0.15) is 33.9 Å². The van der Waals surface area contributed by atoms with Crippen LogP contribution in [-0.4, -0.2) is 37.8 Å². The van der Waals surface area contributed by atoms with Gasteiger partial charge in [-0.25, -0.2) is 4.98 Å². The summed E-state index contributed by atoms with van der Waals surface area (Å²) in [5.74, 6) is -1.72. The second kappa shape index (κ2) is 6.34. The van der Waals surface area contributed by atoms with Gasteiger partial charge >= 0.3 is 0 Å². The zero-order valence-electron chi connectivity index (χ0n) is 14.5. The lowest BCUT2D eigenvalue weighted by Gasteiger charge is -2.21. The van der Waals surface area contributed by atoms with Gasteiger partial charge in [0.2, 0.25) is 0 Å². The Bertz CT molecular complexity index is 1110. The van der Waals surface area contributed by atoms with E-state index >= 15 is 0 Å². The first-order valence-electron chi connectivity index (χ1n) is 8.44. The van der Waals surface area contributed by atoms with E-state index in [1.807, 2.05) is 30.3 Å². The van der Waals surface area contributed by atoms with Gasteiger partial charge < -0.3 is 14.6 Å². The maximum absolute atomic E-state index is 12.8. The van der Waals surface area contributed by atoms with E-state index in [9.17, 15) is 20.0 Å². The first-order chi connectivity index (χ1) is 13.0. The zero-order chi connectivity index (χ0) is 19.1. The molecule has 27 heavy (non-hydrogen) atoms. The van der Waals surface area contributed by atoms with Crippen LogP contribution < -0.4 is 0 Å². The van der Waals surface area contributed by atoms with Crippen LogP contribution in [-0.2, 0) is 11.8 Å². The van der Waals surface area contributed by atoms with E-state index in [1.54, 1.807) is 35.9 Å². The number of hydrogen-bond donors (Lipinski definition) is 1. The number of Topliss-reactive ketones (excluding diaryl/α,β-unsaturated/α-hetero) is 1. The molecule has 0 radical (unpaired) electrons. The number of hydrogen-bond acceptors (Lipinski definition) is 5. The second-order valence-corrected chi connectivity index (χ2v) is 6.44. The number of aryl methyl sites for hydroxylation is 1. The number of para-hydroxylation sites is 2. The lowest BCUT2D eigenvalue weighted by molar-refractivity contribution is -0.122. The summed E-state index contributed by atoms with van der Waals surface area (Å²) in [6.07, 6.45) is -1.20. The molecule has 0 aliphatic carbocycles. The van der Waals surface area contributed by atoms with Crippen molar-refractivity contribution < 1.29 is 14.7 Å². The molecule has 1 aliphatic heterocycles. The Hall–Kier alpha value is -3.50. The highest BCUT2D eigenvalue weighted by Gasteiger charge is 2.38. The normalized spacial score (nSPS) is 17.0. The number of ketones is 1. The van der Waals surface area contributed by atoms with Gasteiger partial charge in [-0.1, -0.05) is 30.3 Å². The monoisotopic (exact) mass is 360 g/mol. The average molecular weight is 360 g/mol. The van der Waals surface area contributed by atoms with Crippen molar-refractivity contribution in [1.82, 2.24) is 14.5 Å². The first-order valence-corrected chi connectivity index (χ1v) is 8.44. The molecule has 3 aromatic rings. The maximum Gasteiger partial charge on any atom is 0.257 e. The third kappa shape index (κ3) is 2.58. The lowest BCUT2D eigenvalue weighted by Crippen LogP contribution is -2.35. The summed E-state index contributed by atoms with van der Waals surface area (Å²) >= 11 is 0. The number of amides is 1. The summed E-state index contributed by atoms with van der Waals surface area (Å²) in [7, 11) is 1.74. The van der Waals surface area contributed by atoms with Crippen LogP contribution in [0, 0.1) is 11.3 Å². The molecule has 0 saturated carbocycles. The molecule has 0 spiro atoms. The van der Waals surface area contributed by atoms with E-state index < -0.39 is 23.8 Å². The van der Waals surface area contributed by atoms with Crippen molar-refractivity contribution in [3.05, 3.63) is 65.5 Å². The number of rotatable bonds is 4. The SMILES string of the molecule is Cn1c(C(C#N)C(=O)CN2C(=O)c3ccccc3C2O)nc2ccccc21. The minimum atomic E-state index is -1.20. The Labute approximate surface area is 155 Å². The Morgan fingerprint density at radius 2 is 1.96 bits per heavy atom. The van der Waals surface area contributed by atoms with Crippen molar-refractivity contribution in [2.75, 3.05) is 6.54 Å². The van der Waals surface area contributed by atoms with Crippen LogP contribution in [0.4, 0.5) is 0 Å². The number of nitriles is 1. The number of aliphatic hydroxyl groups excluding tert-OH is 1. The quantitative estimate of drug-likeness (QED) is 0.766. The van der Waals surface area contributed by atoms with Crippen molar-refractivity contribution in [2.45, 2.75) is 12.1 Å². The fourth-order valence-electron chi connectivity index (χ4n) is 3.46. The predicted molar refractivity (Wildman–Crippen MR) is 96.5 cm³/mol. The van der Waals surface area contributed by atoms with E-state index in [0.29, 0.717) is 22.5 Å². The summed E-state index contributed by atoms with van der Waals surface area (Å²) in [5.41, 5.74) is 2.33. The molecule has 7 nitrogen and oxygen atoms in total. The van der Waals surface area contributed by atoms with E-state index in [1.165, 1.54) is 0 Å². The Balaban J connectivity index is 1.63. The van der Waals surface area contributed by atoms with Gasteiger partial charge in [0.1, 0.15) is 5.82 Å². The van der Waals surface area contributed by atoms with Crippen molar-refractivity contribution in [3.8, 4) is 6.07 Å². The van der Waals surface area contributed by atoms with Crippen LogP contribution in [0.25, 0.3) is 11.0 Å². The van der Waals surface area contributed by atoms with Gasteiger partial charge in [-0.2, -0.15) is 5.26 Å². The minimum absolute atomic E-state index is 0.322. The van der Waals surface area contributed by atoms with Gasteiger partial charge in [0.05, 0.1) is 23.6 Å². The molecule has 2 aromatic carbocycles. The predicted octanol–water partition coefficient (Wildman–Crippen LogP) is 1.90. The third-order valence-electron chi connectivity index (χ3n) is 4.88. The third-order valence-corrected chi connectivity index (χ3v) is 4.88. The van der Waals surface area contributed by atoms with Crippen LogP contribution in [0.5, 0.6) is 0 Å². The Morgan fingerprint density at radius 1 is 1.26 bits per heavy atom. The summed E-state index contributed by atoms with van der Waals surface area (Å²) in [5, 5.41) is 20.0. The maximum atomic E-state index is 12.8. The molecule has 1 amide bonds. The van der Waals surface area contributed by atoms with Gasteiger partial charge in [0.15, 0.2) is 17.9 Å². The van der Waals surface area contributed by atoms with Crippen molar-refractivity contribution in [1.29, 1.82) is 5.26 Å². The van der Waals surface area contributed by atoms with E-state index in [4.69, 9.17) is 0 Å². The fraction of sp³-hybridized carbons (Fsp3) is 0.200. The number of carbonyl (C=O) groups excluding carboxylic acids is 2. The standard InChI is InChI=1S/C20H16N4O3/c1-23-16-9-5-4-8-15(16)22-18(23)14(10-21)17(25)11-24-19(26)12-6-2-3-7-13(12)20(24)27/h2-9,14,19,26H,11H2,1H3. The van der Waals surface area contributed by atoms with Gasteiger partial charge in [-0.15, -0.1) is 0 Å². The molecule has 2 heterocycles. The molecule has 0 fully saturated rings. The fourth-order valence-corrected chi connectivity index (χ4v) is 3.46. The largest absolute Gasteiger partial charge is 0.369 e. The van der Waals surface area contributed by atoms with Crippen LogP contribution >= 0.6 is 0 Å². The smallest absolute Gasteiger partial charge is 0.257 e. The minimum Gasteiger partial charge on any atom is -0.369 e. The zero-order valence-corrected chi connectivity index (χ0v) is 14.5. The molecule has 2 atom stereocenters. The summed E-state index contributed by atoms with van der Waals surface area (Å²) in [4.78, 5) is 30.8. The van der Waals surface area contributed by atoms with Crippen molar-refractivity contribution in [3.63, 3.8) is 0 Å². The number of aliphatic hydroxyl groups is 1. The summed E-state index contributed by atoms with van der Waals surface area (Å²) in [6, 6.07) is 16.0. The molecular weight excluding hydrogens is 344 g/mol. The van der Waals surface area contributed by atoms with E-state index in [0.717, 1.165) is 10.4 Å². The topological polar surface area (TPSA) is 99.2 Å². The van der Waals surface area contributed by atoms with E-state index in [2.05, 4.69) is 4.98 Å². The highest BCUT2D eigenvalue weighted by Crippen LogP contribution is 2.32. The molecular formula is C20H16N4O3. The second-order valence-electron chi connectivity index (χ2n) is 6.44. The number of fused-ring (bicyclic) bond motifs is 2.